The van der Waals surface area contributed by atoms with Crippen LogP contribution in [-0.2, 0) is 13.1 Å². The number of methoxy groups -OCH3 is 1. The standard InChI is InChI=1S/C14H19N3O/c1-3-9-17-10-8-15-14(17)11-16-12-4-6-13(18-2)7-5-12/h4-8,10,16H,3,9,11H2,1-2H3. The molecule has 0 atom stereocenters. The van der Waals surface area contributed by atoms with E-state index in [1.807, 2.05) is 36.7 Å². The average Bonchev–Trinajstić information content (AvgIpc) is 2.85. The highest BCUT2D eigenvalue weighted by molar-refractivity contribution is 5.46. The number of hydrogen-bond donors (Lipinski definition) is 1. The molecule has 2 aromatic rings. The van der Waals surface area contributed by atoms with Gasteiger partial charge < -0.3 is 14.6 Å². The molecule has 0 amide bonds. The minimum absolute atomic E-state index is 0.735. The van der Waals surface area contributed by atoms with E-state index in [1.165, 1.54) is 0 Å². The number of nitrogens with zero attached hydrogens (tertiary/aromatic N) is 2. The Balaban J connectivity index is 1.95. The van der Waals surface area contributed by atoms with Crippen molar-refractivity contribution in [3.63, 3.8) is 0 Å². The topological polar surface area (TPSA) is 39.1 Å². The van der Waals surface area contributed by atoms with Crippen molar-refractivity contribution in [2.75, 3.05) is 12.4 Å². The van der Waals surface area contributed by atoms with Crippen molar-refractivity contribution >= 4 is 5.69 Å². The number of benzene rings is 1. The van der Waals surface area contributed by atoms with Gasteiger partial charge in [-0.05, 0) is 30.7 Å². The Kier molecular flexibility index (Phi) is 4.23. The van der Waals surface area contributed by atoms with E-state index in [9.17, 15) is 0 Å². The lowest BCUT2D eigenvalue weighted by atomic mass is 10.3. The first-order valence-electron chi connectivity index (χ1n) is 6.21. The van der Waals surface area contributed by atoms with Crippen molar-refractivity contribution in [1.29, 1.82) is 0 Å². The molecule has 1 aromatic carbocycles. The molecule has 1 aromatic heterocycles. The smallest absolute Gasteiger partial charge is 0.128 e. The molecule has 96 valence electrons. The second kappa shape index (κ2) is 6.10. The molecule has 1 N–H and O–H groups in total. The Bertz CT molecular complexity index is 476. The lowest BCUT2D eigenvalue weighted by Gasteiger charge is -2.09. The summed E-state index contributed by atoms with van der Waals surface area (Å²) in [5.74, 6) is 1.93. The maximum atomic E-state index is 5.13. The van der Waals surface area contributed by atoms with E-state index in [0.717, 1.165) is 36.8 Å². The number of aromatic nitrogens is 2. The van der Waals surface area contributed by atoms with Crippen LogP contribution >= 0.6 is 0 Å². The zero-order valence-electron chi connectivity index (χ0n) is 10.9. The highest BCUT2D eigenvalue weighted by atomic mass is 16.5. The second-order valence-corrected chi connectivity index (χ2v) is 4.12. The molecule has 0 saturated carbocycles. The van der Waals surface area contributed by atoms with Gasteiger partial charge in [-0.15, -0.1) is 0 Å². The summed E-state index contributed by atoms with van der Waals surface area (Å²) < 4.78 is 7.30. The third kappa shape index (κ3) is 3.03. The van der Waals surface area contributed by atoms with E-state index >= 15 is 0 Å². The van der Waals surface area contributed by atoms with Crippen LogP contribution < -0.4 is 10.1 Å². The Morgan fingerprint density at radius 3 is 2.72 bits per heavy atom. The lowest BCUT2D eigenvalue weighted by Crippen LogP contribution is -2.08. The molecule has 0 aliphatic heterocycles. The van der Waals surface area contributed by atoms with Crippen molar-refractivity contribution in [2.24, 2.45) is 0 Å². The van der Waals surface area contributed by atoms with Crippen molar-refractivity contribution in [1.82, 2.24) is 9.55 Å². The minimum Gasteiger partial charge on any atom is -0.497 e. The predicted octanol–water partition coefficient (Wildman–Crippen LogP) is 2.91. The molecule has 4 nitrogen and oxygen atoms in total. The second-order valence-electron chi connectivity index (χ2n) is 4.12. The summed E-state index contributed by atoms with van der Waals surface area (Å²) in [6, 6.07) is 7.90. The molecule has 0 saturated heterocycles. The molecule has 1 heterocycles. The van der Waals surface area contributed by atoms with Crippen molar-refractivity contribution < 1.29 is 4.74 Å². The van der Waals surface area contributed by atoms with Crippen LogP contribution in [0.15, 0.2) is 36.7 Å². The zero-order chi connectivity index (χ0) is 12.8. The first-order valence-corrected chi connectivity index (χ1v) is 6.21. The van der Waals surface area contributed by atoms with E-state index in [2.05, 4.69) is 21.8 Å². The summed E-state index contributed by atoms with van der Waals surface area (Å²) in [7, 11) is 1.67. The summed E-state index contributed by atoms with van der Waals surface area (Å²) in [6.07, 6.45) is 4.99. The van der Waals surface area contributed by atoms with Crippen LogP contribution in [0.4, 0.5) is 5.69 Å². The van der Waals surface area contributed by atoms with E-state index in [-0.39, 0.29) is 0 Å². The zero-order valence-corrected chi connectivity index (χ0v) is 10.9. The summed E-state index contributed by atoms with van der Waals surface area (Å²) in [5.41, 5.74) is 1.07. The van der Waals surface area contributed by atoms with Gasteiger partial charge >= 0.3 is 0 Å². The summed E-state index contributed by atoms with van der Waals surface area (Å²) in [5, 5.41) is 3.36. The third-order valence-corrected chi connectivity index (χ3v) is 2.81. The normalized spacial score (nSPS) is 10.3. The van der Waals surface area contributed by atoms with E-state index in [4.69, 9.17) is 4.74 Å². The van der Waals surface area contributed by atoms with Gasteiger partial charge in [0.2, 0.25) is 0 Å². The highest BCUT2D eigenvalue weighted by Crippen LogP contribution is 2.15. The first kappa shape index (κ1) is 12.5. The molecule has 0 spiro atoms. The minimum atomic E-state index is 0.735. The molecular formula is C14H19N3O. The van der Waals surface area contributed by atoms with Gasteiger partial charge in [-0.1, -0.05) is 6.92 Å². The molecule has 0 aliphatic rings. The quantitative estimate of drug-likeness (QED) is 0.850. The number of imidazole rings is 1. The molecule has 0 fully saturated rings. The number of rotatable bonds is 6. The Hall–Kier alpha value is -1.97. The monoisotopic (exact) mass is 245 g/mol. The summed E-state index contributed by atoms with van der Waals surface area (Å²) >= 11 is 0. The molecule has 0 unspecified atom stereocenters. The van der Waals surface area contributed by atoms with Gasteiger partial charge in [-0.2, -0.15) is 0 Å². The van der Waals surface area contributed by atoms with Gasteiger partial charge in [-0.25, -0.2) is 4.98 Å². The van der Waals surface area contributed by atoms with Gasteiger partial charge in [-0.3, -0.25) is 0 Å². The van der Waals surface area contributed by atoms with Crippen LogP contribution in [0.1, 0.15) is 19.2 Å². The fourth-order valence-electron chi connectivity index (χ4n) is 1.84. The SMILES string of the molecule is CCCn1ccnc1CNc1ccc(OC)cc1. The van der Waals surface area contributed by atoms with E-state index < -0.39 is 0 Å². The number of ether oxygens (including phenoxy) is 1. The van der Waals surface area contributed by atoms with Crippen LogP contribution in [-0.4, -0.2) is 16.7 Å². The first-order chi connectivity index (χ1) is 8.83. The highest BCUT2D eigenvalue weighted by Gasteiger charge is 2.01. The van der Waals surface area contributed by atoms with Crippen LogP contribution in [0, 0.1) is 0 Å². The van der Waals surface area contributed by atoms with Crippen LogP contribution in [0.2, 0.25) is 0 Å². The fourth-order valence-corrected chi connectivity index (χ4v) is 1.84. The van der Waals surface area contributed by atoms with Gasteiger partial charge in [0.25, 0.3) is 0 Å². The van der Waals surface area contributed by atoms with Gasteiger partial charge in [0.15, 0.2) is 0 Å². The number of anilines is 1. The molecule has 0 radical (unpaired) electrons. The predicted molar refractivity (Wildman–Crippen MR) is 72.8 cm³/mol. The van der Waals surface area contributed by atoms with Crippen molar-refractivity contribution in [3.8, 4) is 5.75 Å². The van der Waals surface area contributed by atoms with Crippen molar-refractivity contribution in [2.45, 2.75) is 26.4 Å². The van der Waals surface area contributed by atoms with E-state index in [1.54, 1.807) is 7.11 Å². The van der Waals surface area contributed by atoms with E-state index in [0.29, 0.717) is 0 Å². The average molecular weight is 245 g/mol. The van der Waals surface area contributed by atoms with Crippen LogP contribution in [0.5, 0.6) is 5.75 Å². The molecule has 2 rings (SSSR count). The molecule has 0 aliphatic carbocycles. The molecule has 4 heteroatoms. The molecule has 0 bridgehead atoms. The lowest BCUT2D eigenvalue weighted by molar-refractivity contribution is 0.415. The van der Waals surface area contributed by atoms with Gasteiger partial charge in [0, 0.05) is 24.6 Å². The summed E-state index contributed by atoms with van der Waals surface area (Å²) in [4.78, 5) is 4.36. The van der Waals surface area contributed by atoms with Crippen LogP contribution in [0.25, 0.3) is 0 Å². The number of hydrogen-bond acceptors (Lipinski definition) is 3. The maximum Gasteiger partial charge on any atom is 0.128 e. The Morgan fingerprint density at radius 2 is 2.06 bits per heavy atom. The van der Waals surface area contributed by atoms with Gasteiger partial charge in [0.05, 0.1) is 13.7 Å². The Morgan fingerprint density at radius 1 is 1.28 bits per heavy atom. The maximum absolute atomic E-state index is 5.13. The van der Waals surface area contributed by atoms with Crippen LogP contribution in [0.3, 0.4) is 0 Å². The largest absolute Gasteiger partial charge is 0.497 e. The van der Waals surface area contributed by atoms with Crippen molar-refractivity contribution in [3.05, 3.63) is 42.5 Å². The summed E-state index contributed by atoms with van der Waals surface area (Å²) in [6.45, 7) is 3.92. The molecular weight excluding hydrogens is 226 g/mol. The fraction of sp³-hybridized carbons (Fsp3) is 0.357. The molecule has 18 heavy (non-hydrogen) atoms. The van der Waals surface area contributed by atoms with Gasteiger partial charge in [0.1, 0.15) is 11.6 Å². The Labute approximate surface area is 108 Å². The number of nitrogens with one attached hydrogen (secondary N) is 1. The third-order valence-electron chi connectivity index (χ3n) is 2.81. The number of aryl methyl sites for hydroxylation is 1.